The Balaban J connectivity index is 2.79. The van der Waals surface area contributed by atoms with Crippen LogP contribution in [0.3, 0.4) is 0 Å². The number of amidine groups is 1. The number of nitrogens with two attached hydrogens (primary N) is 1. The van der Waals surface area contributed by atoms with Crippen LogP contribution >= 0.6 is 0 Å². The van der Waals surface area contributed by atoms with E-state index >= 15 is 0 Å². The van der Waals surface area contributed by atoms with Crippen LogP contribution in [0, 0.1) is 0 Å². The van der Waals surface area contributed by atoms with Crippen molar-refractivity contribution < 1.29 is 27.0 Å². The molecule has 0 saturated heterocycles. The fourth-order valence-electron chi connectivity index (χ4n) is 1.67. The number of esters is 1. The molecule has 132 valence electrons. The van der Waals surface area contributed by atoms with Crippen LogP contribution in [-0.4, -0.2) is 39.0 Å². The summed E-state index contributed by atoms with van der Waals surface area (Å²) in [5.74, 6) is -1.62. The number of benzene rings is 1. The molecule has 1 aromatic carbocycles. The van der Waals surface area contributed by atoms with E-state index in [2.05, 4.69) is 14.8 Å². The van der Waals surface area contributed by atoms with E-state index in [1.807, 2.05) is 0 Å². The summed E-state index contributed by atoms with van der Waals surface area (Å²) in [4.78, 5) is 24.0. The van der Waals surface area contributed by atoms with Gasteiger partial charge in [-0.3, -0.25) is 9.08 Å². The van der Waals surface area contributed by atoms with E-state index in [0.717, 1.165) is 6.26 Å². The van der Waals surface area contributed by atoms with Crippen molar-refractivity contribution in [1.29, 1.82) is 0 Å². The zero-order valence-corrected chi connectivity index (χ0v) is 14.1. The fourth-order valence-corrected chi connectivity index (χ4v) is 1.90. The van der Waals surface area contributed by atoms with Gasteiger partial charge in [0.2, 0.25) is 5.91 Å². The summed E-state index contributed by atoms with van der Waals surface area (Å²) < 4.78 is 30.7. The molecule has 0 spiro atoms. The molecule has 0 aromatic heterocycles. The molecule has 0 heterocycles. The molecule has 24 heavy (non-hydrogen) atoms. The quantitative estimate of drug-likeness (QED) is 0.290. The Hall–Kier alpha value is -2.62. The summed E-state index contributed by atoms with van der Waals surface area (Å²) in [6.07, 6.45) is 0.342. The van der Waals surface area contributed by atoms with Gasteiger partial charge in [-0.1, -0.05) is 35.5 Å². The average Bonchev–Trinajstić information content (AvgIpc) is 2.51. The van der Waals surface area contributed by atoms with Gasteiger partial charge in [0.25, 0.3) is 0 Å². The van der Waals surface area contributed by atoms with Crippen molar-refractivity contribution in [2.24, 2.45) is 10.9 Å². The molecule has 1 aromatic rings. The molecule has 0 saturated carbocycles. The van der Waals surface area contributed by atoms with E-state index in [1.54, 1.807) is 37.3 Å². The van der Waals surface area contributed by atoms with Gasteiger partial charge in [-0.2, -0.15) is 8.42 Å². The van der Waals surface area contributed by atoms with E-state index in [4.69, 9.17) is 10.5 Å². The van der Waals surface area contributed by atoms with Gasteiger partial charge in [0.15, 0.2) is 6.04 Å². The normalized spacial score (nSPS) is 13.0. The van der Waals surface area contributed by atoms with Crippen molar-refractivity contribution >= 4 is 27.8 Å². The SMILES string of the molecule is CCOC(=O)[C@H](NC(=O)C/C(N)=N/OS(C)(=O)=O)c1ccccc1. The third-order valence-electron chi connectivity index (χ3n) is 2.59. The Morgan fingerprint density at radius 3 is 2.46 bits per heavy atom. The monoisotopic (exact) mass is 357 g/mol. The molecule has 9 nitrogen and oxygen atoms in total. The second-order valence-electron chi connectivity index (χ2n) is 4.70. The Labute approximate surface area is 139 Å². The molecule has 3 N–H and O–H groups in total. The van der Waals surface area contributed by atoms with Crippen LogP contribution in [0.4, 0.5) is 0 Å². The van der Waals surface area contributed by atoms with Crippen LogP contribution in [0.15, 0.2) is 35.5 Å². The van der Waals surface area contributed by atoms with Crippen molar-refractivity contribution in [3.05, 3.63) is 35.9 Å². The van der Waals surface area contributed by atoms with Gasteiger partial charge in [0.1, 0.15) is 5.84 Å². The number of carbonyl (C=O) groups excluding carboxylic acids is 2. The molecule has 1 amide bonds. The molecule has 1 atom stereocenters. The number of ether oxygens (including phenoxy) is 1. The number of nitrogens with one attached hydrogen (secondary N) is 1. The second kappa shape index (κ2) is 8.87. The molecule has 1 rings (SSSR count). The molecular weight excluding hydrogens is 338 g/mol. The van der Waals surface area contributed by atoms with Gasteiger partial charge in [0.05, 0.1) is 19.3 Å². The highest BCUT2D eigenvalue weighted by atomic mass is 32.2. The van der Waals surface area contributed by atoms with Crippen molar-refractivity contribution in [3.63, 3.8) is 0 Å². The Morgan fingerprint density at radius 2 is 1.92 bits per heavy atom. The lowest BCUT2D eigenvalue weighted by Crippen LogP contribution is -2.37. The predicted octanol–water partition coefficient (Wildman–Crippen LogP) is 0.0455. The fraction of sp³-hybridized carbons (Fsp3) is 0.357. The minimum absolute atomic E-state index is 0.157. The molecule has 10 heteroatoms. The van der Waals surface area contributed by atoms with Gasteiger partial charge in [-0.05, 0) is 12.5 Å². The summed E-state index contributed by atoms with van der Waals surface area (Å²) in [7, 11) is -3.82. The van der Waals surface area contributed by atoms with Crippen LogP contribution in [0.2, 0.25) is 0 Å². The zero-order chi connectivity index (χ0) is 18.2. The number of oxime groups is 1. The minimum atomic E-state index is -3.82. The molecule has 0 bridgehead atoms. The van der Waals surface area contributed by atoms with Gasteiger partial charge in [0, 0.05) is 0 Å². The van der Waals surface area contributed by atoms with Crippen molar-refractivity contribution in [2.45, 2.75) is 19.4 Å². The molecular formula is C14H19N3O6S. The first kappa shape index (κ1) is 19.4. The smallest absolute Gasteiger partial charge is 0.333 e. The topological polar surface area (TPSA) is 137 Å². The van der Waals surface area contributed by atoms with Crippen molar-refractivity contribution in [2.75, 3.05) is 12.9 Å². The van der Waals surface area contributed by atoms with E-state index in [-0.39, 0.29) is 12.4 Å². The van der Waals surface area contributed by atoms with Crippen molar-refractivity contribution in [1.82, 2.24) is 5.32 Å². The highest BCUT2D eigenvalue weighted by molar-refractivity contribution is 7.85. The number of hydrogen-bond donors (Lipinski definition) is 2. The molecule has 0 aliphatic heterocycles. The molecule has 0 fully saturated rings. The average molecular weight is 357 g/mol. The van der Waals surface area contributed by atoms with E-state index in [1.165, 1.54) is 0 Å². The summed E-state index contributed by atoms with van der Waals surface area (Å²) >= 11 is 0. The van der Waals surface area contributed by atoms with Crippen molar-refractivity contribution in [3.8, 4) is 0 Å². The predicted molar refractivity (Wildman–Crippen MR) is 86.1 cm³/mol. The molecule has 0 aliphatic carbocycles. The van der Waals surface area contributed by atoms with E-state index in [0.29, 0.717) is 5.56 Å². The van der Waals surface area contributed by atoms with Crippen LogP contribution < -0.4 is 11.1 Å². The maximum absolute atomic E-state index is 12.0. The Morgan fingerprint density at radius 1 is 1.29 bits per heavy atom. The molecule has 0 radical (unpaired) electrons. The van der Waals surface area contributed by atoms with Crippen LogP contribution in [0.5, 0.6) is 0 Å². The van der Waals surface area contributed by atoms with E-state index in [9.17, 15) is 18.0 Å². The van der Waals surface area contributed by atoms with Crippen LogP contribution in [0.1, 0.15) is 24.9 Å². The van der Waals surface area contributed by atoms with Crippen LogP contribution in [0.25, 0.3) is 0 Å². The highest BCUT2D eigenvalue weighted by Gasteiger charge is 2.24. The summed E-state index contributed by atoms with van der Waals surface area (Å²) in [5, 5.41) is 5.59. The Kier molecular flexibility index (Phi) is 7.18. The lowest BCUT2D eigenvalue weighted by molar-refractivity contribution is -0.147. The first-order valence-electron chi connectivity index (χ1n) is 6.95. The van der Waals surface area contributed by atoms with Gasteiger partial charge < -0.3 is 15.8 Å². The Bertz CT molecular complexity index is 702. The lowest BCUT2D eigenvalue weighted by atomic mass is 10.1. The van der Waals surface area contributed by atoms with Crippen LogP contribution in [-0.2, 0) is 28.7 Å². The maximum Gasteiger partial charge on any atom is 0.333 e. The number of carbonyl (C=O) groups is 2. The van der Waals surface area contributed by atoms with Gasteiger partial charge in [-0.15, -0.1) is 0 Å². The number of amides is 1. The zero-order valence-electron chi connectivity index (χ0n) is 13.3. The first-order valence-corrected chi connectivity index (χ1v) is 8.76. The summed E-state index contributed by atoms with van der Waals surface area (Å²) in [6, 6.07) is 7.49. The minimum Gasteiger partial charge on any atom is -0.464 e. The number of rotatable bonds is 8. The van der Waals surface area contributed by atoms with Gasteiger partial charge >= 0.3 is 16.1 Å². The summed E-state index contributed by atoms with van der Waals surface area (Å²) in [6.45, 7) is 1.80. The third-order valence-corrected chi connectivity index (χ3v) is 2.94. The number of nitrogens with zero attached hydrogens (tertiary/aromatic N) is 1. The largest absolute Gasteiger partial charge is 0.464 e. The van der Waals surface area contributed by atoms with E-state index < -0.39 is 34.5 Å². The number of hydrogen-bond acceptors (Lipinski definition) is 7. The van der Waals surface area contributed by atoms with Gasteiger partial charge in [-0.25, -0.2) is 4.79 Å². The third kappa shape index (κ3) is 7.09. The first-order chi connectivity index (χ1) is 11.2. The molecule has 0 unspecified atom stereocenters. The maximum atomic E-state index is 12.0. The highest BCUT2D eigenvalue weighted by Crippen LogP contribution is 2.14. The lowest BCUT2D eigenvalue weighted by Gasteiger charge is -2.17. The standard InChI is InChI=1S/C14H19N3O6S/c1-3-22-14(19)13(10-7-5-4-6-8-10)16-12(18)9-11(15)17-23-24(2,20)21/h4-8,13H,3,9H2,1-2H3,(H2,15,17)(H,16,18)/t13-/m1/s1. The summed E-state index contributed by atoms with van der Waals surface area (Å²) in [5.41, 5.74) is 5.95. The molecule has 0 aliphatic rings. The second-order valence-corrected chi connectivity index (χ2v) is 6.26.